The number of sulfone groups is 1. The van der Waals surface area contributed by atoms with Gasteiger partial charge in [-0.25, -0.2) is 8.42 Å². The summed E-state index contributed by atoms with van der Waals surface area (Å²) in [7, 11) is -4.02. The van der Waals surface area contributed by atoms with Gasteiger partial charge in [-0.2, -0.15) is 0 Å². The van der Waals surface area contributed by atoms with E-state index >= 15 is 0 Å². The van der Waals surface area contributed by atoms with Crippen LogP contribution in [0.5, 0.6) is 0 Å². The molecule has 1 aromatic heterocycles. The maximum absolute atomic E-state index is 13.2. The zero-order valence-corrected chi connectivity index (χ0v) is 18.9. The van der Waals surface area contributed by atoms with Gasteiger partial charge in [0.05, 0.1) is 4.90 Å². The Morgan fingerprint density at radius 2 is 1.65 bits per heavy atom. The highest BCUT2D eigenvalue weighted by Gasteiger charge is 2.26. The van der Waals surface area contributed by atoms with Gasteiger partial charge in [-0.1, -0.05) is 43.3 Å². The third-order valence-electron chi connectivity index (χ3n) is 5.28. The Bertz CT molecular complexity index is 1290. The molecule has 0 aliphatic heterocycles. The lowest BCUT2D eigenvalue weighted by Gasteiger charge is -2.16. The molecule has 31 heavy (non-hydrogen) atoms. The molecule has 6 nitrogen and oxygen atoms in total. The number of hydrogen-bond acceptors (Lipinski definition) is 4. The molecular weight excluding hydrogens is 412 g/mol. The van der Waals surface area contributed by atoms with Gasteiger partial charge in [-0.05, 0) is 62.1 Å². The van der Waals surface area contributed by atoms with Crippen LogP contribution in [0.1, 0.15) is 29.3 Å². The molecule has 0 unspecified atom stereocenters. The monoisotopic (exact) mass is 438 g/mol. The number of aromatic nitrogens is 1. The van der Waals surface area contributed by atoms with Crippen LogP contribution >= 0.6 is 0 Å². The second-order valence-corrected chi connectivity index (χ2v) is 9.40. The lowest BCUT2D eigenvalue weighted by atomic mass is 10.1. The van der Waals surface area contributed by atoms with Crippen molar-refractivity contribution in [1.29, 1.82) is 0 Å². The van der Waals surface area contributed by atoms with Crippen molar-refractivity contribution in [2.45, 2.75) is 50.5 Å². The molecule has 0 spiro atoms. The van der Waals surface area contributed by atoms with Gasteiger partial charge in [0.15, 0.2) is 0 Å². The van der Waals surface area contributed by atoms with Gasteiger partial charge in [0.2, 0.25) is 15.7 Å². The summed E-state index contributed by atoms with van der Waals surface area (Å²) in [5, 5.41) is 2.89. The number of carbonyl (C=O) groups is 1. The first-order chi connectivity index (χ1) is 14.7. The summed E-state index contributed by atoms with van der Waals surface area (Å²) in [6, 6.07) is 15.2. The number of para-hydroxylation sites is 1. The van der Waals surface area contributed by atoms with Crippen LogP contribution in [-0.4, -0.2) is 18.9 Å². The van der Waals surface area contributed by atoms with E-state index in [1.54, 1.807) is 38.1 Å². The first-order valence-electron chi connectivity index (χ1n) is 10.1. The molecule has 0 aliphatic carbocycles. The predicted molar refractivity (Wildman–Crippen MR) is 121 cm³/mol. The average Bonchev–Trinajstić information content (AvgIpc) is 2.73. The third kappa shape index (κ3) is 4.46. The molecular formula is C24H26N2O4S. The van der Waals surface area contributed by atoms with E-state index in [1.807, 2.05) is 32.0 Å². The van der Waals surface area contributed by atoms with Gasteiger partial charge in [-0.15, -0.1) is 0 Å². The molecule has 1 amide bonds. The number of benzene rings is 2. The van der Waals surface area contributed by atoms with Gasteiger partial charge < -0.3 is 9.88 Å². The highest BCUT2D eigenvalue weighted by Crippen LogP contribution is 2.23. The second-order valence-electron chi connectivity index (χ2n) is 7.52. The Morgan fingerprint density at radius 1 is 0.968 bits per heavy atom. The molecule has 0 saturated carbocycles. The van der Waals surface area contributed by atoms with Crippen LogP contribution in [0.3, 0.4) is 0 Å². The fraction of sp³-hybridized carbons (Fsp3) is 0.250. The van der Waals surface area contributed by atoms with E-state index in [2.05, 4.69) is 5.32 Å². The SMILES string of the molecule is CCc1cccc(C)c1NC(=O)Cn1c(C)cc(C)c(S(=O)(=O)c2ccccc2)c1=O. The minimum Gasteiger partial charge on any atom is -0.324 e. The fourth-order valence-electron chi connectivity index (χ4n) is 3.67. The molecule has 0 saturated heterocycles. The van der Waals surface area contributed by atoms with Crippen LogP contribution in [-0.2, 0) is 27.6 Å². The van der Waals surface area contributed by atoms with Crippen molar-refractivity contribution >= 4 is 21.4 Å². The Labute approximate surface area is 182 Å². The standard InChI is InChI=1S/C24H26N2O4S/c1-5-19-11-9-10-16(2)22(19)25-21(27)15-26-18(4)14-17(3)23(24(26)28)31(29,30)20-12-7-6-8-13-20/h6-14H,5,15H2,1-4H3,(H,25,27). The van der Waals surface area contributed by atoms with Crippen LogP contribution < -0.4 is 10.9 Å². The molecule has 3 rings (SSSR count). The Morgan fingerprint density at radius 3 is 2.29 bits per heavy atom. The largest absolute Gasteiger partial charge is 0.324 e. The van der Waals surface area contributed by atoms with Crippen molar-refractivity contribution < 1.29 is 13.2 Å². The minimum atomic E-state index is -4.02. The first kappa shape index (κ1) is 22.5. The van der Waals surface area contributed by atoms with Gasteiger partial charge in [0, 0.05) is 11.4 Å². The maximum atomic E-state index is 13.2. The van der Waals surface area contributed by atoms with Crippen LogP contribution in [0.4, 0.5) is 5.69 Å². The van der Waals surface area contributed by atoms with E-state index in [0.717, 1.165) is 23.2 Å². The Kier molecular flexibility index (Phi) is 6.45. The summed E-state index contributed by atoms with van der Waals surface area (Å²) >= 11 is 0. The Hall–Kier alpha value is -3.19. The van der Waals surface area contributed by atoms with Gasteiger partial charge in [0.1, 0.15) is 11.4 Å². The highest BCUT2D eigenvalue weighted by atomic mass is 32.2. The van der Waals surface area contributed by atoms with Crippen molar-refractivity contribution in [1.82, 2.24) is 4.57 Å². The normalized spacial score (nSPS) is 11.4. The summed E-state index contributed by atoms with van der Waals surface area (Å²) in [4.78, 5) is 25.8. The summed E-state index contributed by atoms with van der Waals surface area (Å²) in [5.74, 6) is -0.388. The number of carbonyl (C=O) groups excluding carboxylic acids is 1. The molecule has 162 valence electrons. The zero-order chi connectivity index (χ0) is 22.8. The zero-order valence-electron chi connectivity index (χ0n) is 18.1. The molecule has 0 fully saturated rings. The maximum Gasteiger partial charge on any atom is 0.270 e. The van der Waals surface area contributed by atoms with Gasteiger partial charge >= 0.3 is 0 Å². The Balaban J connectivity index is 2.01. The van der Waals surface area contributed by atoms with E-state index in [1.165, 1.54) is 16.7 Å². The number of pyridine rings is 1. The molecule has 3 aromatic rings. The molecule has 0 radical (unpaired) electrons. The van der Waals surface area contributed by atoms with Gasteiger partial charge in [-0.3, -0.25) is 9.59 Å². The first-order valence-corrected chi connectivity index (χ1v) is 11.5. The number of nitrogens with one attached hydrogen (secondary N) is 1. The van der Waals surface area contributed by atoms with Crippen molar-refractivity contribution in [2.24, 2.45) is 0 Å². The summed E-state index contributed by atoms with van der Waals surface area (Å²) < 4.78 is 27.5. The van der Waals surface area contributed by atoms with Crippen molar-refractivity contribution in [3.05, 3.63) is 87.3 Å². The van der Waals surface area contributed by atoms with Crippen LogP contribution in [0.15, 0.2) is 69.2 Å². The molecule has 0 aliphatic rings. The average molecular weight is 439 g/mol. The quantitative estimate of drug-likeness (QED) is 0.634. The van der Waals surface area contributed by atoms with Crippen molar-refractivity contribution in [3.63, 3.8) is 0 Å². The van der Waals surface area contributed by atoms with Crippen molar-refractivity contribution in [3.8, 4) is 0 Å². The predicted octanol–water partition coefficient (Wildman–Crippen LogP) is 3.81. The third-order valence-corrected chi connectivity index (χ3v) is 7.20. The smallest absolute Gasteiger partial charge is 0.270 e. The van der Waals surface area contributed by atoms with Gasteiger partial charge in [0.25, 0.3) is 5.56 Å². The lowest BCUT2D eigenvalue weighted by molar-refractivity contribution is -0.116. The van der Waals surface area contributed by atoms with E-state index in [9.17, 15) is 18.0 Å². The topological polar surface area (TPSA) is 85.2 Å². The number of aryl methyl sites for hydroxylation is 4. The molecule has 1 N–H and O–H groups in total. The summed E-state index contributed by atoms with van der Waals surface area (Å²) in [6.45, 7) is 6.91. The van der Waals surface area contributed by atoms with E-state index in [4.69, 9.17) is 0 Å². The number of hydrogen-bond donors (Lipinski definition) is 1. The molecule has 0 bridgehead atoms. The highest BCUT2D eigenvalue weighted by molar-refractivity contribution is 7.91. The number of rotatable bonds is 6. The summed E-state index contributed by atoms with van der Waals surface area (Å²) in [5.41, 5.74) is 2.82. The van der Waals surface area contributed by atoms with E-state index in [-0.39, 0.29) is 22.2 Å². The number of anilines is 1. The van der Waals surface area contributed by atoms with Crippen LogP contribution in [0.2, 0.25) is 0 Å². The minimum absolute atomic E-state index is 0.0440. The van der Waals surface area contributed by atoms with Crippen LogP contribution in [0, 0.1) is 20.8 Å². The molecule has 2 aromatic carbocycles. The molecule has 0 atom stereocenters. The summed E-state index contributed by atoms with van der Waals surface area (Å²) in [6.07, 6.45) is 0.750. The molecule has 1 heterocycles. The van der Waals surface area contributed by atoms with E-state index < -0.39 is 15.4 Å². The van der Waals surface area contributed by atoms with E-state index in [0.29, 0.717) is 11.3 Å². The molecule has 7 heteroatoms. The van der Waals surface area contributed by atoms with Crippen LogP contribution in [0.25, 0.3) is 0 Å². The number of amides is 1. The van der Waals surface area contributed by atoms with Crippen molar-refractivity contribution in [2.75, 3.05) is 5.32 Å². The lowest BCUT2D eigenvalue weighted by Crippen LogP contribution is -2.33. The number of nitrogens with zero attached hydrogens (tertiary/aromatic N) is 1. The fourth-order valence-corrected chi connectivity index (χ4v) is 5.25. The second kappa shape index (κ2) is 8.89.